The quantitative estimate of drug-likeness (QED) is 0.812. The molecular formula is C17H30N2O4. The van der Waals surface area contributed by atoms with E-state index in [1.165, 1.54) is 0 Å². The molecule has 0 unspecified atom stereocenters. The summed E-state index contributed by atoms with van der Waals surface area (Å²) in [5.74, 6) is -0.333. The monoisotopic (exact) mass is 326 g/mol. The summed E-state index contributed by atoms with van der Waals surface area (Å²) in [5, 5.41) is 9.35. The van der Waals surface area contributed by atoms with Gasteiger partial charge in [0.05, 0.1) is 12.0 Å². The van der Waals surface area contributed by atoms with Crippen LogP contribution in [0.25, 0.3) is 0 Å². The Morgan fingerprint density at radius 2 is 1.87 bits per heavy atom. The van der Waals surface area contributed by atoms with E-state index < -0.39 is 17.1 Å². The van der Waals surface area contributed by atoms with Gasteiger partial charge in [-0.3, -0.25) is 9.69 Å². The molecule has 1 saturated heterocycles. The summed E-state index contributed by atoms with van der Waals surface area (Å²) in [6, 6.07) is 0.470. The van der Waals surface area contributed by atoms with Crippen LogP contribution in [0, 0.1) is 5.92 Å². The molecule has 1 saturated carbocycles. The number of rotatable bonds is 6. The summed E-state index contributed by atoms with van der Waals surface area (Å²) in [6.07, 6.45) is 1.98. The highest BCUT2D eigenvalue weighted by Crippen LogP contribution is 2.40. The molecule has 0 radical (unpaired) electrons. The van der Waals surface area contributed by atoms with Gasteiger partial charge in [-0.2, -0.15) is 0 Å². The standard InChI is InChI=1S/C17H30N2O4/c1-12(2)9-19(13-6-7-13)17(8-14(20)21)10-18(11-17)15(22)23-16(3,4)5/h12-13H,6-11H2,1-5H3,(H,20,21). The van der Waals surface area contributed by atoms with Gasteiger partial charge in [-0.25, -0.2) is 4.79 Å². The van der Waals surface area contributed by atoms with Crippen molar-refractivity contribution in [2.45, 2.75) is 71.1 Å². The molecule has 0 spiro atoms. The number of ether oxygens (including phenoxy) is 1. The molecule has 0 atom stereocenters. The number of carbonyl (C=O) groups excluding carboxylic acids is 1. The molecule has 1 aliphatic heterocycles. The second-order valence-electron chi connectivity index (χ2n) is 8.41. The first-order valence-electron chi connectivity index (χ1n) is 8.49. The van der Waals surface area contributed by atoms with Crippen molar-refractivity contribution in [2.24, 2.45) is 5.92 Å². The van der Waals surface area contributed by atoms with Crippen molar-refractivity contribution in [3.05, 3.63) is 0 Å². The number of carboxylic acids is 1. The third kappa shape index (κ3) is 4.59. The highest BCUT2D eigenvalue weighted by molar-refractivity contribution is 5.73. The first-order chi connectivity index (χ1) is 10.5. The van der Waals surface area contributed by atoms with Gasteiger partial charge in [0.1, 0.15) is 5.60 Å². The first-order valence-corrected chi connectivity index (χ1v) is 8.49. The Kier molecular flexibility index (Phi) is 4.95. The van der Waals surface area contributed by atoms with Crippen molar-refractivity contribution in [3.8, 4) is 0 Å². The van der Waals surface area contributed by atoms with Crippen LogP contribution in [-0.2, 0) is 9.53 Å². The van der Waals surface area contributed by atoms with Crippen LogP contribution in [0.5, 0.6) is 0 Å². The molecule has 1 N–H and O–H groups in total. The highest BCUT2D eigenvalue weighted by atomic mass is 16.6. The molecule has 0 bridgehead atoms. The van der Waals surface area contributed by atoms with E-state index in [0.29, 0.717) is 25.0 Å². The predicted octanol–water partition coefficient (Wildman–Crippen LogP) is 2.57. The van der Waals surface area contributed by atoms with Gasteiger partial charge in [0.2, 0.25) is 0 Å². The third-order valence-corrected chi connectivity index (χ3v) is 4.26. The topological polar surface area (TPSA) is 70.1 Å². The molecule has 6 nitrogen and oxygen atoms in total. The van der Waals surface area contributed by atoms with E-state index in [4.69, 9.17) is 4.74 Å². The zero-order chi connectivity index (χ0) is 17.4. The number of carbonyl (C=O) groups is 2. The predicted molar refractivity (Wildman–Crippen MR) is 87.4 cm³/mol. The van der Waals surface area contributed by atoms with Gasteiger partial charge in [0.25, 0.3) is 0 Å². The zero-order valence-electron chi connectivity index (χ0n) is 15.0. The summed E-state index contributed by atoms with van der Waals surface area (Å²) in [5.41, 5.74) is -0.968. The summed E-state index contributed by atoms with van der Waals surface area (Å²) in [6.45, 7) is 11.6. The molecule has 2 aliphatic rings. The average molecular weight is 326 g/mol. The third-order valence-electron chi connectivity index (χ3n) is 4.26. The van der Waals surface area contributed by atoms with E-state index in [-0.39, 0.29) is 12.5 Å². The number of carboxylic acid groups (broad SMARTS) is 1. The van der Waals surface area contributed by atoms with Gasteiger partial charge in [0.15, 0.2) is 0 Å². The van der Waals surface area contributed by atoms with Gasteiger partial charge < -0.3 is 14.7 Å². The number of nitrogens with zero attached hydrogens (tertiary/aromatic N) is 2. The molecule has 2 fully saturated rings. The molecule has 1 aliphatic carbocycles. The molecule has 1 amide bonds. The number of aliphatic carboxylic acids is 1. The van der Waals surface area contributed by atoms with Crippen LogP contribution in [0.2, 0.25) is 0 Å². The molecule has 2 rings (SSSR count). The molecule has 0 aromatic heterocycles. The lowest BCUT2D eigenvalue weighted by molar-refractivity contribution is -0.146. The van der Waals surface area contributed by atoms with E-state index in [1.807, 2.05) is 20.8 Å². The lowest BCUT2D eigenvalue weighted by Crippen LogP contribution is -2.73. The van der Waals surface area contributed by atoms with Gasteiger partial charge >= 0.3 is 12.1 Å². The fourth-order valence-electron chi connectivity index (χ4n) is 3.31. The van der Waals surface area contributed by atoms with Crippen molar-refractivity contribution in [1.82, 2.24) is 9.80 Å². The van der Waals surface area contributed by atoms with Crippen LogP contribution in [0.4, 0.5) is 4.79 Å². The van der Waals surface area contributed by atoms with Crippen LogP contribution in [0.1, 0.15) is 53.9 Å². The zero-order valence-corrected chi connectivity index (χ0v) is 15.0. The van der Waals surface area contributed by atoms with Crippen LogP contribution in [-0.4, -0.2) is 63.8 Å². The largest absolute Gasteiger partial charge is 0.481 e. The Bertz CT molecular complexity index is 460. The van der Waals surface area contributed by atoms with Crippen molar-refractivity contribution >= 4 is 12.1 Å². The normalized spacial score (nSPS) is 20.6. The van der Waals surface area contributed by atoms with Crippen molar-refractivity contribution < 1.29 is 19.4 Å². The van der Waals surface area contributed by atoms with Gasteiger partial charge in [-0.15, -0.1) is 0 Å². The van der Waals surface area contributed by atoms with Crippen molar-refractivity contribution in [3.63, 3.8) is 0 Å². The van der Waals surface area contributed by atoms with E-state index in [0.717, 1.165) is 19.4 Å². The van der Waals surface area contributed by atoms with Crippen LogP contribution in [0.3, 0.4) is 0 Å². The Balaban J connectivity index is 2.07. The minimum atomic E-state index is -0.803. The van der Waals surface area contributed by atoms with Gasteiger partial charge in [-0.1, -0.05) is 13.8 Å². The maximum atomic E-state index is 12.2. The van der Waals surface area contributed by atoms with Gasteiger partial charge in [0, 0.05) is 25.7 Å². The Morgan fingerprint density at radius 1 is 1.30 bits per heavy atom. The molecule has 1 heterocycles. The SMILES string of the molecule is CC(C)CN(C1CC1)C1(CC(=O)O)CN(C(=O)OC(C)(C)C)C1. The fourth-order valence-corrected chi connectivity index (χ4v) is 3.31. The molecule has 0 aromatic rings. The maximum absolute atomic E-state index is 12.2. The Labute approximate surface area is 138 Å². The molecular weight excluding hydrogens is 296 g/mol. The number of amides is 1. The Morgan fingerprint density at radius 3 is 2.26 bits per heavy atom. The highest BCUT2D eigenvalue weighted by Gasteiger charge is 2.54. The second kappa shape index (κ2) is 6.30. The van der Waals surface area contributed by atoms with Crippen LogP contribution >= 0.6 is 0 Å². The van der Waals surface area contributed by atoms with E-state index >= 15 is 0 Å². The molecule has 6 heteroatoms. The number of likely N-dealkylation sites (tertiary alicyclic amines) is 1. The lowest BCUT2D eigenvalue weighted by Gasteiger charge is -2.55. The minimum absolute atomic E-state index is 0.0789. The van der Waals surface area contributed by atoms with E-state index in [9.17, 15) is 14.7 Å². The molecule has 132 valence electrons. The lowest BCUT2D eigenvalue weighted by atomic mass is 9.83. The summed E-state index contributed by atoms with van der Waals surface area (Å²) in [4.78, 5) is 27.5. The summed E-state index contributed by atoms with van der Waals surface area (Å²) in [7, 11) is 0. The summed E-state index contributed by atoms with van der Waals surface area (Å²) >= 11 is 0. The van der Waals surface area contributed by atoms with E-state index in [2.05, 4.69) is 18.7 Å². The van der Waals surface area contributed by atoms with Crippen molar-refractivity contribution in [2.75, 3.05) is 19.6 Å². The molecule has 0 aromatic carbocycles. The van der Waals surface area contributed by atoms with Crippen LogP contribution < -0.4 is 0 Å². The Hall–Kier alpha value is -1.30. The number of hydrogen-bond acceptors (Lipinski definition) is 4. The molecule has 23 heavy (non-hydrogen) atoms. The van der Waals surface area contributed by atoms with Crippen molar-refractivity contribution in [1.29, 1.82) is 0 Å². The smallest absolute Gasteiger partial charge is 0.410 e. The van der Waals surface area contributed by atoms with E-state index in [1.54, 1.807) is 4.90 Å². The van der Waals surface area contributed by atoms with Gasteiger partial charge in [-0.05, 0) is 39.5 Å². The maximum Gasteiger partial charge on any atom is 0.410 e. The average Bonchev–Trinajstić information content (AvgIpc) is 3.11. The number of hydrogen-bond donors (Lipinski definition) is 1. The summed E-state index contributed by atoms with van der Waals surface area (Å²) < 4.78 is 5.40. The fraction of sp³-hybridized carbons (Fsp3) is 0.882. The van der Waals surface area contributed by atoms with Crippen LogP contribution in [0.15, 0.2) is 0 Å². The minimum Gasteiger partial charge on any atom is -0.481 e. The second-order valence-corrected chi connectivity index (χ2v) is 8.41. The first kappa shape index (κ1) is 18.0.